The van der Waals surface area contributed by atoms with Crippen molar-refractivity contribution in [2.75, 3.05) is 26.2 Å². The molecular formula is C16H22N2O3. The highest BCUT2D eigenvalue weighted by Gasteiger charge is 2.32. The number of nitrogens with one attached hydrogen (secondary N) is 1. The van der Waals surface area contributed by atoms with E-state index in [2.05, 4.69) is 11.4 Å². The molecule has 0 saturated carbocycles. The van der Waals surface area contributed by atoms with Crippen LogP contribution in [0.4, 0.5) is 0 Å². The van der Waals surface area contributed by atoms with Crippen molar-refractivity contribution in [2.24, 2.45) is 0 Å². The number of hydrogen-bond acceptors (Lipinski definition) is 4. The summed E-state index contributed by atoms with van der Waals surface area (Å²) in [5, 5.41) is 12.8. The van der Waals surface area contributed by atoms with E-state index in [1.54, 1.807) is 0 Å². The fourth-order valence-corrected chi connectivity index (χ4v) is 3.03. The first-order valence-electron chi connectivity index (χ1n) is 7.48. The summed E-state index contributed by atoms with van der Waals surface area (Å²) < 4.78 is 5.79. The number of likely N-dealkylation sites (tertiary alicyclic amines) is 1. The summed E-state index contributed by atoms with van der Waals surface area (Å²) >= 11 is 0. The summed E-state index contributed by atoms with van der Waals surface area (Å²) in [6, 6.07) is 7.98. The lowest BCUT2D eigenvalue weighted by molar-refractivity contribution is -0.122. The molecule has 1 saturated heterocycles. The molecule has 5 nitrogen and oxygen atoms in total. The van der Waals surface area contributed by atoms with Gasteiger partial charge >= 0.3 is 0 Å². The molecule has 1 fully saturated rings. The van der Waals surface area contributed by atoms with Crippen LogP contribution in [-0.2, 0) is 11.2 Å². The summed E-state index contributed by atoms with van der Waals surface area (Å²) in [5.41, 5.74) is 0.545. The highest BCUT2D eigenvalue weighted by molar-refractivity contribution is 5.78. The summed E-state index contributed by atoms with van der Waals surface area (Å²) in [7, 11) is 0. The van der Waals surface area contributed by atoms with Crippen LogP contribution in [-0.4, -0.2) is 53.8 Å². The van der Waals surface area contributed by atoms with E-state index in [9.17, 15) is 9.90 Å². The molecule has 2 heterocycles. The van der Waals surface area contributed by atoms with Crippen LogP contribution in [0.3, 0.4) is 0 Å². The van der Waals surface area contributed by atoms with E-state index in [0.717, 1.165) is 25.1 Å². The van der Waals surface area contributed by atoms with E-state index in [1.807, 2.05) is 30.0 Å². The minimum absolute atomic E-state index is 0.00717. The van der Waals surface area contributed by atoms with Gasteiger partial charge in [-0.1, -0.05) is 18.2 Å². The van der Waals surface area contributed by atoms with Gasteiger partial charge in [0.15, 0.2) is 0 Å². The molecule has 2 aliphatic heterocycles. The zero-order valence-electron chi connectivity index (χ0n) is 12.3. The molecule has 3 rings (SSSR count). The van der Waals surface area contributed by atoms with Gasteiger partial charge in [0, 0.05) is 19.5 Å². The van der Waals surface area contributed by atoms with Crippen LogP contribution in [0.1, 0.15) is 18.9 Å². The van der Waals surface area contributed by atoms with Crippen molar-refractivity contribution in [3.8, 4) is 5.75 Å². The molecule has 2 aliphatic rings. The Hall–Kier alpha value is -1.59. The van der Waals surface area contributed by atoms with Crippen molar-refractivity contribution >= 4 is 5.91 Å². The minimum atomic E-state index is -0.656. The van der Waals surface area contributed by atoms with Gasteiger partial charge in [0.05, 0.1) is 18.7 Å². The first-order chi connectivity index (χ1) is 10.0. The quantitative estimate of drug-likeness (QED) is 0.851. The summed E-state index contributed by atoms with van der Waals surface area (Å²) in [4.78, 5) is 13.9. The molecule has 0 bridgehead atoms. The fourth-order valence-electron chi connectivity index (χ4n) is 3.03. The first kappa shape index (κ1) is 14.4. The Morgan fingerprint density at radius 3 is 3.05 bits per heavy atom. The zero-order chi connectivity index (χ0) is 14.9. The van der Waals surface area contributed by atoms with Gasteiger partial charge in [0.1, 0.15) is 11.9 Å². The van der Waals surface area contributed by atoms with Gasteiger partial charge < -0.3 is 15.2 Å². The Bertz CT molecular complexity index is 505. The Morgan fingerprint density at radius 2 is 2.33 bits per heavy atom. The average Bonchev–Trinajstić information content (AvgIpc) is 2.99. The Morgan fingerprint density at radius 1 is 1.52 bits per heavy atom. The fraction of sp³-hybridized carbons (Fsp3) is 0.562. The average molecular weight is 290 g/mol. The summed E-state index contributed by atoms with van der Waals surface area (Å²) in [6.45, 7) is 4.01. The third-order valence-electron chi connectivity index (χ3n) is 4.14. The Kier molecular flexibility index (Phi) is 3.87. The van der Waals surface area contributed by atoms with Crippen LogP contribution in [0, 0.1) is 0 Å². The SMILES string of the molecule is CC1(O)CCN(CC(=O)NCC2Cc3ccccc3O2)C1. The molecule has 2 unspecified atom stereocenters. The van der Waals surface area contributed by atoms with Crippen molar-refractivity contribution in [2.45, 2.75) is 31.5 Å². The van der Waals surface area contributed by atoms with Gasteiger partial charge in [-0.2, -0.15) is 0 Å². The number of β-amino-alcohol motifs (C(OH)–C–C–N with tert-alkyl or cyclic N) is 1. The van der Waals surface area contributed by atoms with Gasteiger partial charge in [-0.15, -0.1) is 0 Å². The monoisotopic (exact) mass is 290 g/mol. The molecule has 2 N–H and O–H groups in total. The maximum absolute atomic E-state index is 11.9. The maximum atomic E-state index is 11.9. The zero-order valence-corrected chi connectivity index (χ0v) is 12.3. The third-order valence-corrected chi connectivity index (χ3v) is 4.14. The topological polar surface area (TPSA) is 61.8 Å². The predicted molar refractivity (Wildman–Crippen MR) is 79.3 cm³/mol. The maximum Gasteiger partial charge on any atom is 0.234 e. The van der Waals surface area contributed by atoms with Gasteiger partial charge in [0.2, 0.25) is 5.91 Å². The van der Waals surface area contributed by atoms with Gasteiger partial charge in [0.25, 0.3) is 0 Å². The van der Waals surface area contributed by atoms with Gasteiger partial charge in [-0.05, 0) is 25.0 Å². The number of carbonyl (C=O) groups is 1. The van der Waals surface area contributed by atoms with Gasteiger partial charge in [-0.25, -0.2) is 0 Å². The predicted octanol–water partition coefficient (Wildman–Crippen LogP) is 0.563. The van der Waals surface area contributed by atoms with E-state index in [-0.39, 0.29) is 12.0 Å². The van der Waals surface area contributed by atoms with Crippen molar-refractivity contribution in [3.63, 3.8) is 0 Å². The lowest BCUT2D eigenvalue weighted by atomic mass is 10.1. The van der Waals surface area contributed by atoms with E-state index in [1.165, 1.54) is 5.56 Å². The highest BCUT2D eigenvalue weighted by atomic mass is 16.5. The second kappa shape index (κ2) is 5.66. The van der Waals surface area contributed by atoms with Crippen LogP contribution in [0.5, 0.6) is 5.75 Å². The highest BCUT2D eigenvalue weighted by Crippen LogP contribution is 2.27. The number of para-hydroxylation sites is 1. The Balaban J connectivity index is 1.41. The first-order valence-corrected chi connectivity index (χ1v) is 7.48. The lowest BCUT2D eigenvalue weighted by Crippen LogP contribution is -2.41. The largest absolute Gasteiger partial charge is 0.488 e. The number of fused-ring (bicyclic) bond motifs is 1. The lowest BCUT2D eigenvalue weighted by Gasteiger charge is -2.19. The molecule has 114 valence electrons. The number of benzene rings is 1. The number of ether oxygens (including phenoxy) is 1. The number of rotatable bonds is 4. The van der Waals surface area contributed by atoms with E-state index >= 15 is 0 Å². The smallest absolute Gasteiger partial charge is 0.234 e. The van der Waals surface area contributed by atoms with E-state index in [4.69, 9.17) is 4.74 Å². The standard InChI is InChI=1S/C16H22N2O3/c1-16(20)6-7-18(11-16)10-15(19)17-9-13-8-12-4-2-3-5-14(12)21-13/h2-5,13,20H,6-11H2,1H3,(H,17,19). The number of hydrogen-bond donors (Lipinski definition) is 2. The number of amides is 1. The molecule has 1 amide bonds. The molecule has 0 spiro atoms. The minimum Gasteiger partial charge on any atom is -0.488 e. The van der Waals surface area contributed by atoms with Gasteiger partial charge in [-0.3, -0.25) is 9.69 Å². The Labute approximate surface area is 124 Å². The molecule has 1 aromatic rings. The second-order valence-corrected chi connectivity index (χ2v) is 6.31. The van der Waals surface area contributed by atoms with Crippen molar-refractivity contribution in [3.05, 3.63) is 29.8 Å². The van der Waals surface area contributed by atoms with Crippen LogP contribution in [0.2, 0.25) is 0 Å². The molecule has 2 atom stereocenters. The van der Waals surface area contributed by atoms with Crippen molar-refractivity contribution < 1.29 is 14.6 Å². The molecule has 1 aromatic carbocycles. The molecule has 5 heteroatoms. The van der Waals surface area contributed by atoms with Crippen LogP contribution >= 0.6 is 0 Å². The van der Waals surface area contributed by atoms with E-state index in [0.29, 0.717) is 19.6 Å². The number of carbonyl (C=O) groups excluding carboxylic acids is 1. The van der Waals surface area contributed by atoms with Crippen LogP contribution in [0.15, 0.2) is 24.3 Å². The summed E-state index contributed by atoms with van der Waals surface area (Å²) in [5.74, 6) is 0.916. The van der Waals surface area contributed by atoms with Crippen LogP contribution < -0.4 is 10.1 Å². The summed E-state index contributed by atoms with van der Waals surface area (Å²) in [6.07, 6.45) is 1.59. The normalized spacial score (nSPS) is 28.2. The molecule has 21 heavy (non-hydrogen) atoms. The number of aliphatic hydroxyl groups is 1. The third kappa shape index (κ3) is 3.54. The van der Waals surface area contributed by atoms with E-state index < -0.39 is 5.60 Å². The molecule has 0 radical (unpaired) electrons. The second-order valence-electron chi connectivity index (χ2n) is 6.31. The van der Waals surface area contributed by atoms with Crippen LogP contribution in [0.25, 0.3) is 0 Å². The molecule has 0 aromatic heterocycles. The molecule has 0 aliphatic carbocycles. The number of nitrogens with zero attached hydrogens (tertiary/aromatic N) is 1. The van der Waals surface area contributed by atoms with Crippen molar-refractivity contribution in [1.29, 1.82) is 0 Å². The molecular weight excluding hydrogens is 268 g/mol. The van der Waals surface area contributed by atoms with Crippen molar-refractivity contribution in [1.82, 2.24) is 10.2 Å².